The maximum absolute atomic E-state index is 14.0. The van der Waals surface area contributed by atoms with Gasteiger partial charge < -0.3 is 9.84 Å². The fourth-order valence-electron chi connectivity index (χ4n) is 2.37. The first kappa shape index (κ1) is 15.9. The van der Waals surface area contributed by atoms with Crippen LogP contribution in [0, 0.1) is 12.7 Å². The number of halogens is 1. The molecule has 0 saturated carbocycles. The Morgan fingerprint density at radius 3 is 2.83 bits per heavy atom. The maximum atomic E-state index is 14.0. The van der Waals surface area contributed by atoms with Gasteiger partial charge in [0.05, 0.1) is 11.3 Å². The third-order valence-electron chi connectivity index (χ3n) is 3.53. The summed E-state index contributed by atoms with van der Waals surface area (Å²) < 4.78 is 19.2. The molecule has 24 heavy (non-hydrogen) atoms. The van der Waals surface area contributed by atoms with Crippen LogP contribution in [0.2, 0.25) is 0 Å². The van der Waals surface area contributed by atoms with Crippen molar-refractivity contribution >= 4 is 11.6 Å². The second kappa shape index (κ2) is 6.23. The van der Waals surface area contributed by atoms with E-state index >= 15 is 0 Å². The van der Waals surface area contributed by atoms with E-state index in [2.05, 4.69) is 25.7 Å². The van der Waals surface area contributed by atoms with E-state index < -0.39 is 5.82 Å². The summed E-state index contributed by atoms with van der Waals surface area (Å²) in [6, 6.07) is 4.23. The lowest BCUT2D eigenvalue weighted by Crippen LogP contribution is -2.15. The van der Waals surface area contributed by atoms with Crippen LogP contribution < -0.4 is 5.32 Å². The van der Waals surface area contributed by atoms with Crippen molar-refractivity contribution in [2.45, 2.75) is 26.7 Å². The minimum absolute atomic E-state index is 0.0184. The highest BCUT2D eigenvalue weighted by Crippen LogP contribution is 2.26. The molecule has 7 nitrogen and oxygen atoms in total. The number of aryl methyl sites for hydroxylation is 1. The first-order chi connectivity index (χ1) is 11.5. The molecule has 3 rings (SSSR count). The Hall–Kier alpha value is -3.03. The van der Waals surface area contributed by atoms with Gasteiger partial charge in [0.15, 0.2) is 11.6 Å². The summed E-state index contributed by atoms with van der Waals surface area (Å²) >= 11 is 0. The van der Waals surface area contributed by atoms with E-state index in [9.17, 15) is 9.18 Å². The fraction of sp³-hybridized carbons (Fsp3) is 0.250. The molecule has 0 spiro atoms. The molecular formula is C16H16FN5O2. The molecule has 124 valence electrons. The number of anilines is 1. The Labute approximate surface area is 137 Å². The molecule has 0 atom stereocenters. The summed E-state index contributed by atoms with van der Waals surface area (Å²) in [5.74, 6) is 0.00136. The van der Waals surface area contributed by atoms with Crippen LogP contribution in [0.1, 0.15) is 41.6 Å². The number of amides is 1. The van der Waals surface area contributed by atoms with Crippen molar-refractivity contribution in [1.29, 1.82) is 0 Å². The smallest absolute Gasteiger partial charge is 0.261 e. The number of rotatable bonds is 4. The average Bonchev–Trinajstić information content (AvgIpc) is 3.18. The second-order valence-electron chi connectivity index (χ2n) is 5.64. The predicted octanol–water partition coefficient (Wildman–Crippen LogP) is 3.28. The normalized spacial score (nSPS) is 11.0. The summed E-state index contributed by atoms with van der Waals surface area (Å²) in [6.45, 7) is 5.53. The molecule has 0 aliphatic carbocycles. The first-order valence-electron chi connectivity index (χ1n) is 7.40. The molecule has 1 aromatic carbocycles. The second-order valence-corrected chi connectivity index (χ2v) is 5.64. The van der Waals surface area contributed by atoms with Gasteiger partial charge in [0, 0.05) is 11.6 Å². The monoisotopic (exact) mass is 329 g/mol. The Kier molecular flexibility index (Phi) is 4.11. The van der Waals surface area contributed by atoms with E-state index in [1.165, 1.54) is 24.5 Å². The lowest BCUT2D eigenvalue weighted by atomic mass is 10.0. The third-order valence-corrected chi connectivity index (χ3v) is 3.53. The van der Waals surface area contributed by atoms with Gasteiger partial charge >= 0.3 is 0 Å². The van der Waals surface area contributed by atoms with Gasteiger partial charge in [-0.1, -0.05) is 19.0 Å². The van der Waals surface area contributed by atoms with E-state index in [-0.39, 0.29) is 23.2 Å². The van der Waals surface area contributed by atoms with Crippen LogP contribution in [-0.2, 0) is 0 Å². The molecule has 2 aromatic heterocycles. The third kappa shape index (κ3) is 2.90. The molecular weight excluding hydrogens is 313 g/mol. The largest absolute Gasteiger partial charge is 0.360 e. The number of benzene rings is 1. The van der Waals surface area contributed by atoms with Crippen molar-refractivity contribution in [3.05, 3.63) is 47.4 Å². The maximum Gasteiger partial charge on any atom is 0.261 e. The summed E-state index contributed by atoms with van der Waals surface area (Å²) in [5, 5.41) is 12.9. The highest BCUT2D eigenvalue weighted by molar-refractivity contribution is 6.06. The number of hydrogen-bond acceptors (Lipinski definition) is 5. The van der Waals surface area contributed by atoms with Gasteiger partial charge in [-0.2, -0.15) is 5.10 Å². The van der Waals surface area contributed by atoms with E-state index in [0.29, 0.717) is 22.7 Å². The summed E-state index contributed by atoms with van der Waals surface area (Å²) in [4.78, 5) is 16.5. The van der Waals surface area contributed by atoms with Crippen LogP contribution in [0.4, 0.5) is 10.1 Å². The first-order valence-corrected chi connectivity index (χ1v) is 7.40. The minimum Gasteiger partial charge on any atom is -0.360 e. The molecule has 0 aliphatic rings. The van der Waals surface area contributed by atoms with Crippen LogP contribution in [0.15, 0.2) is 29.0 Å². The van der Waals surface area contributed by atoms with Gasteiger partial charge in [-0.3, -0.25) is 9.89 Å². The van der Waals surface area contributed by atoms with Crippen LogP contribution in [0.5, 0.6) is 0 Å². The topological polar surface area (TPSA) is 96.7 Å². The van der Waals surface area contributed by atoms with Crippen molar-refractivity contribution in [1.82, 2.24) is 20.3 Å². The van der Waals surface area contributed by atoms with Crippen molar-refractivity contribution in [2.24, 2.45) is 0 Å². The SMILES string of the molecule is Cc1noc(C(C)C)c1C(=O)Nc1ccc(F)c(-c2ncn[nH]2)c1. The molecule has 2 N–H and O–H groups in total. The number of nitrogens with one attached hydrogen (secondary N) is 2. The number of hydrogen-bond donors (Lipinski definition) is 2. The molecule has 0 aliphatic heterocycles. The van der Waals surface area contributed by atoms with Crippen molar-refractivity contribution in [2.75, 3.05) is 5.32 Å². The highest BCUT2D eigenvalue weighted by atomic mass is 19.1. The quantitative estimate of drug-likeness (QED) is 0.765. The molecule has 2 heterocycles. The van der Waals surface area contributed by atoms with E-state index in [1.807, 2.05) is 13.8 Å². The minimum atomic E-state index is -0.464. The highest BCUT2D eigenvalue weighted by Gasteiger charge is 2.23. The van der Waals surface area contributed by atoms with Crippen molar-refractivity contribution in [3.63, 3.8) is 0 Å². The number of carbonyl (C=O) groups is 1. The molecule has 0 unspecified atom stereocenters. The molecule has 0 saturated heterocycles. The van der Waals surface area contributed by atoms with E-state index in [4.69, 9.17) is 4.52 Å². The van der Waals surface area contributed by atoms with E-state index in [1.54, 1.807) is 6.92 Å². The van der Waals surface area contributed by atoms with Crippen LogP contribution in [0.25, 0.3) is 11.4 Å². The van der Waals surface area contributed by atoms with Crippen LogP contribution >= 0.6 is 0 Å². The van der Waals surface area contributed by atoms with Crippen LogP contribution in [0.3, 0.4) is 0 Å². The lowest BCUT2D eigenvalue weighted by Gasteiger charge is -2.08. The Morgan fingerprint density at radius 1 is 1.38 bits per heavy atom. The lowest BCUT2D eigenvalue weighted by molar-refractivity contribution is 0.102. The number of carbonyl (C=O) groups excluding carboxylic acids is 1. The van der Waals surface area contributed by atoms with Gasteiger partial charge in [-0.15, -0.1) is 0 Å². The molecule has 1 amide bonds. The molecule has 0 radical (unpaired) electrons. The van der Waals surface area contributed by atoms with Gasteiger partial charge in [-0.25, -0.2) is 9.37 Å². The van der Waals surface area contributed by atoms with E-state index in [0.717, 1.165) is 0 Å². The molecule has 8 heteroatoms. The summed E-state index contributed by atoms with van der Waals surface area (Å²) in [5.41, 5.74) is 1.56. The van der Waals surface area contributed by atoms with Gasteiger partial charge in [0.2, 0.25) is 0 Å². The Balaban J connectivity index is 1.91. The van der Waals surface area contributed by atoms with Gasteiger partial charge in [0.25, 0.3) is 5.91 Å². The zero-order chi connectivity index (χ0) is 17.3. The number of aromatic amines is 1. The Morgan fingerprint density at radius 2 is 2.17 bits per heavy atom. The predicted molar refractivity (Wildman–Crippen MR) is 85.1 cm³/mol. The van der Waals surface area contributed by atoms with Crippen molar-refractivity contribution in [3.8, 4) is 11.4 Å². The standard InChI is InChI=1S/C16H16FN5O2/c1-8(2)14-13(9(3)22-24-14)16(23)20-10-4-5-12(17)11(6-10)15-18-7-19-21-15/h4-8H,1-3H3,(H,20,23)(H,18,19,21). The zero-order valence-electron chi connectivity index (χ0n) is 13.4. The number of aromatic nitrogens is 4. The summed E-state index contributed by atoms with van der Waals surface area (Å²) in [7, 11) is 0. The van der Waals surface area contributed by atoms with Crippen molar-refractivity contribution < 1.29 is 13.7 Å². The zero-order valence-corrected chi connectivity index (χ0v) is 13.4. The Bertz CT molecular complexity index is 871. The molecule has 3 aromatic rings. The van der Waals surface area contributed by atoms with Gasteiger partial charge in [0.1, 0.15) is 17.7 Å². The average molecular weight is 329 g/mol. The number of nitrogens with zero attached hydrogens (tertiary/aromatic N) is 3. The summed E-state index contributed by atoms with van der Waals surface area (Å²) in [6.07, 6.45) is 1.29. The van der Waals surface area contributed by atoms with Crippen LogP contribution in [-0.4, -0.2) is 26.2 Å². The number of H-pyrrole nitrogens is 1. The molecule has 0 bridgehead atoms. The molecule has 0 fully saturated rings. The fourth-order valence-corrected chi connectivity index (χ4v) is 2.37. The van der Waals surface area contributed by atoms with Gasteiger partial charge in [-0.05, 0) is 25.1 Å².